The molecule has 1 heterocycles. The summed E-state index contributed by atoms with van der Waals surface area (Å²) in [6, 6.07) is 16.8. The van der Waals surface area contributed by atoms with Crippen molar-refractivity contribution in [3.8, 4) is 11.5 Å². The standard InChI is InChI=1S/C21H21N3O5/c1-27-17-8-10-18(11-9-17)28-14-12-22-21(26)24-16-6-4-15(5-7-16)23-20(25)19-3-2-13-29-19/h2-11,13H,12,14H2,1H3,(H,23,25)(H2,22,24,26). The van der Waals surface area contributed by atoms with Crippen LogP contribution in [0, 0.1) is 0 Å². The number of anilines is 2. The third-order valence-electron chi connectivity index (χ3n) is 3.86. The zero-order valence-corrected chi connectivity index (χ0v) is 15.8. The van der Waals surface area contributed by atoms with Crippen LogP contribution in [0.2, 0.25) is 0 Å². The normalized spacial score (nSPS) is 10.1. The summed E-state index contributed by atoms with van der Waals surface area (Å²) in [4.78, 5) is 23.9. The number of urea groups is 1. The number of ether oxygens (including phenoxy) is 2. The summed E-state index contributed by atoms with van der Waals surface area (Å²) >= 11 is 0. The Kier molecular flexibility index (Phi) is 6.72. The van der Waals surface area contributed by atoms with E-state index in [9.17, 15) is 9.59 Å². The summed E-state index contributed by atoms with van der Waals surface area (Å²) in [5.74, 6) is 1.33. The number of amides is 3. The average molecular weight is 395 g/mol. The number of carbonyl (C=O) groups excluding carboxylic acids is 2. The molecule has 0 bridgehead atoms. The van der Waals surface area contributed by atoms with Crippen LogP contribution in [0.5, 0.6) is 11.5 Å². The Morgan fingerprint density at radius 1 is 0.897 bits per heavy atom. The largest absolute Gasteiger partial charge is 0.497 e. The zero-order chi connectivity index (χ0) is 20.5. The van der Waals surface area contributed by atoms with Crippen molar-refractivity contribution in [2.24, 2.45) is 0 Å². The molecule has 0 aliphatic rings. The summed E-state index contributed by atoms with van der Waals surface area (Å²) in [6.45, 7) is 0.673. The molecule has 3 amide bonds. The maximum absolute atomic E-state index is 11.9. The van der Waals surface area contributed by atoms with Gasteiger partial charge in [0.25, 0.3) is 5.91 Å². The molecule has 0 radical (unpaired) electrons. The Hall–Kier alpha value is -3.94. The minimum Gasteiger partial charge on any atom is -0.497 e. The fraction of sp³-hybridized carbons (Fsp3) is 0.143. The molecule has 1 aromatic heterocycles. The molecular weight excluding hydrogens is 374 g/mol. The molecule has 8 nitrogen and oxygen atoms in total. The lowest BCUT2D eigenvalue weighted by molar-refractivity contribution is 0.0996. The topological polar surface area (TPSA) is 102 Å². The van der Waals surface area contributed by atoms with E-state index in [0.717, 1.165) is 5.75 Å². The van der Waals surface area contributed by atoms with Crippen molar-refractivity contribution >= 4 is 23.3 Å². The summed E-state index contributed by atoms with van der Waals surface area (Å²) in [6.07, 6.45) is 1.43. The summed E-state index contributed by atoms with van der Waals surface area (Å²) in [7, 11) is 1.60. The number of nitrogens with one attached hydrogen (secondary N) is 3. The molecule has 0 saturated heterocycles. The highest BCUT2D eigenvalue weighted by Crippen LogP contribution is 2.17. The maximum Gasteiger partial charge on any atom is 0.319 e. The molecule has 3 N–H and O–H groups in total. The van der Waals surface area contributed by atoms with Gasteiger partial charge in [-0.15, -0.1) is 0 Å². The first-order valence-corrected chi connectivity index (χ1v) is 8.90. The van der Waals surface area contributed by atoms with Crippen LogP contribution < -0.4 is 25.4 Å². The van der Waals surface area contributed by atoms with Gasteiger partial charge in [-0.25, -0.2) is 4.79 Å². The number of rotatable bonds is 8. The number of hydrogen-bond donors (Lipinski definition) is 3. The van der Waals surface area contributed by atoms with Gasteiger partial charge >= 0.3 is 6.03 Å². The van der Waals surface area contributed by atoms with Crippen LogP contribution in [-0.2, 0) is 0 Å². The van der Waals surface area contributed by atoms with Gasteiger partial charge in [-0.1, -0.05) is 0 Å². The Morgan fingerprint density at radius 3 is 2.17 bits per heavy atom. The molecule has 0 fully saturated rings. The van der Waals surface area contributed by atoms with Crippen molar-refractivity contribution in [1.82, 2.24) is 5.32 Å². The van der Waals surface area contributed by atoms with Gasteiger partial charge in [-0.3, -0.25) is 4.79 Å². The van der Waals surface area contributed by atoms with Crippen LogP contribution in [0.15, 0.2) is 71.3 Å². The zero-order valence-electron chi connectivity index (χ0n) is 15.8. The average Bonchev–Trinajstić information content (AvgIpc) is 3.28. The molecule has 2 aromatic carbocycles. The number of carbonyl (C=O) groups is 2. The van der Waals surface area contributed by atoms with Crippen molar-refractivity contribution in [3.05, 3.63) is 72.7 Å². The van der Waals surface area contributed by atoms with Crippen molar-refractivity contribution in [2.75, 3.05) is 30.9 Å². The second-order valence-corrected chi connectivity index (χ2v) is 5.91. The van der Waals surface area contributed by atoms with Gasteiger partial charge in [0.15, 0.2) is 5.76 Å². The van der Waals surface area contributed by atoms with E-state index in [1.54, 1.807) is 67.8 Å². The Balaban J connectivity index is 1.38. The van der Waals surface area contributed by atoms with E-state index < -0.39 is 0 Å². The fourth-order valence-electron chi connectivity index (χ4n) is 2.42. The van der Waals surface area contributed by atoms with Crippen molar-refractivity contribution < 1.29 is 23.5 Å². The van der Waals surface area contributed by atoms with Crippen molar-refractivity contribution in [3.63, 3.8) is 0 Å². The lowest BCUT2D eigenvalue weighted by Gasteiger charge is -2.10. The highest BCUT2D eigenvalue weighted by molar-refractivity contribution is 6.02. The molecule has 8 heteroatoms. The SMILES string of the molecule is COc1ccc(OCCNC(=O)Nc2ccc(NC(=O)c3ccco3)cc2)cc1. The van der Waals surface area contributed by atoms with Gasteiger partial charge < -0.3 is 29.8 Å². The molecule has 0 unspecified atom stereocenters. The quantitative estimate of drug-likeness (QED) is 0.504. The van der Waals surface area contributed by atoms with Crippen LogP contribution in [0.3, 0.4) is 0 Å². The van der Waals surface area contributed by atoms with Gasteiger partial charge in [0.1, 0.15) is 18.1 Å². The molecular formula is C21H21N3O5. The summed E-state index contributed by atoms with van der Waals surface area (Å²) in [5.41, 5.74) is 1.18. The fourth-order valence-corrected chi connectivity index (χ4v) is 2.42. The minimum absolute atomic E-state index is 0.225. The highest BCUT2D eigenvalue weighted by atomic mass is 16.5. The van der Waals surface area contributed by atoms with E-state index in [2.05, 4.69) is 16.0 Å². The maximum atomic E-state index is 11.9. The van der Waals surface area contributed by atoms with Crippen LogP contribution in [0.25, 0.3) is 0 Å². The van der Waals surface area contributed by atoms with E-state index in [1.807, 2.05) is 0 Å². The lowest BCUT2D eigenvalue weighted by atomic mass is 10.2. The first kappa shape index (κ1) is 19.8. The second kappa shape index (κ2) is 9.84. The molecule has 0 atom stereocenters. The number of methoxy groups -OCH3 is 1. The number of benzene rings is 2. The van der Waals surface area contributed by atoms with E-state index >= 15 is 0 Å². The highest BCUT2D eigenvalue weighted by Gasteiger charge is 2.08. The van der Waals surface area contributed by atoms with Crippen LogP contribution >= 0.6 is 0 Å². The molecule has 150 valence electrons. The third kappa shape index (κ3) is 6.03. The monoisotopic (exact) mass is 395 g/mol. The predicted molar refractivity (Wildman–Crippen MR) is 109 cm³/mol. The van der Waals surface area contributed by atoms with Gasteiger partial charge in [0.2, 0.25) is 0 Å². The smallest absolute Gasteiger partial charge is 0.319 e. The Morgan fingerprint density at radius 2 is 1.55 bits per heavy atom. The van der Waals surface area contributed by atoms with Crippen LogP contribution in [0.1, 0.15) is 10.6 Å². The molecule has 0 saturated carbocycles. The van der Waals surface area contributed by atoms with E-state index in [4.69, 9.17) is 13.9 Å². The van der Waals surface area contributed by atoms with Crippen LogP contribution in [-0.4, -0.2) is 32.2 Å². The first-order valence-electron chi connectivity index (χ1n) is 8.90. The Labute approximate surface area is 167 Å². The van der Waals surface area contributed by atoms with E-state index in [1.165, 1.54) is 6.26 Å². The lowest BCUT2D eigenvalue weighted by Crippen LogP contribution is -2.32. The molecule has 0 aliphatic heterocycles. The van der Waals surface area contributed by atoms with Gasteiger partial charge in [-0.2, -0.15) is 0 Å². The first-order chi connectivity index (χ1) is 14.1. The third-order valence-corrected chi connectivity index (χ3v) is 3.86. The molecule has 3 aromatic rings. The summed E-state index contributed by atoms with van der Waals surface area (Å²) < 4.78 is 15.7. The number of hydrogen-bond acceptors (Lipinski definition) is 5. The van der Waals surface area contributed by atoms with Crippen LogP contribution in [0.4, 0.5) is 16.2 Å². The number of furan rings is 1. The van der Waals surface area contributed by atoms with Gasteiger partial charge in [0.05, 0.1) is 19.9 Å². The summed E-state index contributed by atoms with van der Waals surface area (Å²) in [5, 5.41) is 8.12. The van der Waals surface area contributed by atoms with Gasteiger partial charge in [-0.05, 0) is 60.7 Å². The molecule has 3 rings (SSSR count). The van der Waals surface area contributed by atoms with E-state index in [-0.39, 0.29) is 17.7 Å². The Bertz CT molecular complexity index is 922. The second-order valence-electron chi connectivity index (χ2n) is 5.91. The van der Waals surface area contributed by atoms with Crippen molar-refractivity contribution in [2.45, 2.75) is 0 Å². The van der Waals surface area contributed by atoms with E-state index in [0.29, 0.717) is 30.3 Å². The molecule has 0 spiro atoms. The minimum atomic E-state index is -0.351. The molecule has 0 aliphatic carbocycles. The van der Waals surface area contributed by atoms with Crippen molar-refractivity contribution in [1.29, 1.82) is 0 Å². The molecule has 29 heavy (non-hydrogen) atoms. The van der Waals surface area contributed by atoms with Gasteiger partial charge in [0, 0.05) is 11.4 Å². The predicted octanol–water partition coefficient (Wildman–Crippen LogP) is 3.74.